The minimum atomic E-state index is -0.766. The molecule has 7 heteroatoms. The standard InChI is InChI=1S/C16H27FN4O2/c1-20-7-6-18-15(20)11-21-10-12(17)8-13(21)9-19-14-4-5-16(14,22-2)23-3/h6-7,12-14,19H,4-5,8-11H2,1-3H3/t12-,13-,14?/m0/s1. The average molecular weight is 326 g/mol. The predicted octanol–water partition coefficient (Wildman–Crippen LogP) is 1.07. The van der Waals surface area contributed by atoms with Crippen molar-refractivity contribution in [2.75, 3.05) is 27.3 Å². The van der Waals surface area contributed by atoms with Crippen molar-refractivity contribution in [3.05, 3.63) is 18.2 Å². The summed E-state index contributed by atoms with van der Waals surface area (Å²) in [6.45, 7) is 1.90. The predicted molar refractivity (Wildman–Crippen MR) is 84.7 cm³/mol. The van der Waals surface area contributed by atoms with Crippen LogP contribution in [0.4, 0.5) is 4.39 Å². The molecular formula is C16H27FN4O2. The highest BCUT2D eigenvalue weighted by Gasteiger charge is 2.48. The molecule has 6 nitrogen and oxygen atoms in total. The summed E-state index contributed by atoms with van der Waals surface area (Å²) in [7, 11) is 5.33. The van der Waals surface area contributed by atoms with E-state index in [1.807, 2.05) is 17.8 Å². The van der Waals surface area contributed by atoms with Crippen molar-refractivity contribution in [3.8, 4) is 0 Å². The number of hydrogen-bond donors (Lipinski definition) is 1. The molecule has 0 spiro atoms. The summed E-state index contributed by atoms with van der Waals surface area (Å²) in [5.74, 6) is 0.453. The van der Waals surface area contributed by atoms with Crippen LogP contribution in [0.5, 0.6) is 0 Å². The molecule has 23 heavy (non-hydrogen) atoms. The number of rotatable bonds is 7. The van der Waals surface area contributed by atoms with E-state index < -0.39 is 12.0 Å². The van der Waals surface area contributed by atoms with Gasteiger partial charge in [0.2, 0.25) is 0 Å². The lowest BCUT2D eigenvalue weighted by molar-refractivity contribution is -0.268. The maximum Gasteiger partial charge on any atom is 0.183 e. The molecule has 0 radical (unpaired) electrons. The Labute approximate surface area is 137 Å². The number of aromatic nitrogens is 2. The zero-order valence-electron chi connectivity index (χ0n) is 14.2. The molecule has 1 N–H and O–H groups in total. The van der Waals surface area contributed by atoms with E-state index in [0.717, 1.165) is 25.2 Å². The summed E-state index contributed by atoms with van der Waals surface area (Å²) < 4.78 is 26.9. The van der Waals surface area contributed by atoms with E-state index in [9.17, 15) is 4.39 Å². The summed E-state index contributed by atoms with van der Waals surface area (Å²) in [5, 5.41) is 3.51. The number of methoxy groups -OCH3 is 2. The van der Waals surface area contributed by atoms with Crippen LogP contribution >= 0.6 is 0 Å². The van der Waals surface area contributed by atoms with E-state index in [2.05, 4.69) is 15.2 Å². The van der Waals surface area contributed by atoms with Gasteiger partial charge in [-0.15, -0.1) is 0 Å². The van der Waals surface area contributed by atoms with Crippen LogP contribution in [-0.4, -0.2) is 65.8 Å². The fourth-order valence-electron chi connectivity index (χ4n) is 3.69. The second-order valence-electron chi connectivity index (χ2n) is 6.59. The molecule has 0 amide bonds. The molecule has 0 aromatic carbocycles. The first-order valence-corrected chi connectivity index (χ1v) is 8.26. The Hall–Kier alpha value is -1.02. The number of aryl methyl sites for hydroxylation is 1. The zero-order valence-corrected chi connectivity index (χ0v) is 14.2. The first kappa shape index (κ1) is 16.8. The maximum absolute atomic E-state index is 13.9. The van der Waals surface area contributed by atoms with Gasteiger partial charge in [-0.2, -0.15) is 0 Å². The van der Waals surface area contributed by atoms with Gasteiger partial charge in [0, 0.05) is 59.2 Å². The number of ether oxygens (including phenoxy) is 2. The van der Waals surface area contributed by atoms with Gasteiger partial charge < -0.3 is 19.4 Å². The van der Waals surface area contributed by atoms with Gasteiger partial charge in [0.15, 0.2) is 5.79 Å². The van der Waals surface area contributed by atoms with Crippen LogP contribution in [-0.2, 0) is 23.1 Å². The monoisotopic (exact) mass is 326 g/mol. The highest BCUT2D eigenvalue weighted by atomic mass is 19.1. The van der Waals surface area contributed by atoms with E-state index in [0.29, 0.717) is 19.5 Å². The van der Waals surface area contributed by atoms with Gasteiger partial charge in [-0.05, 0) is 12.8 Å². The van der Waals surface area contributed by atoms with E-state index in [4.69, 9.17) is 9.47 Å². The first-order chi connectivity index (χ1) is 11.1. The van der Waals surface area contributed by atoms with Crippen molar-refractivity contribution in [2.24, 2.45) is 7.05 Å². The molecule has 1 saturated carbocycles. The third-order valence-electron chi connectivity index (χ3n) is 5.35. The molecule has 2 fully saturated rings. The summed E-state index contributed by atoms with van der Waals surface area (Å²) in [4.78, 5) is 6.53. The SMILES string of the molecule is COC1(OC)CCC1NC[C@@H]1C[C@H](F)CN1Cc1nccn1C. The minimum Gasteiger partial charge on any atom is -0.352 e. The van der Waals surface area contributed by atoms with Gasteiger partial charge in [0.25, 0.3) is 0 Å². The Morgan fingerprint density at radius 3 is 2.78 bits per heavy atom. The van der Waals surface area contributed by atoms with Crippen LogP contribution in [0.3, 0.4) is 0 Å². The quantitative estimate of drug-likeness (QED) is 0.760. The van der Waals surface area contributed by atoms with Crippen LogP contribution in [0.2, 0.25) is 0 Å². The zero-order chi connectivity index (χ0) is 16.4. The Bertz CT molecular complexity index is 514. The molecule has 2 heterocycles. The second kappa shape index (κ2) is 6.84. The number of likely N-dealkylation sites (tertiary alicyclic amines) is 1. The molecule has 0 bridgehead atoms. The van der Waals surface area contributed by atoms with Gasteiger partial charge in [-0.25, -0.2) is 9.37 Å². The number of nitrogens with one attached hydrogen (secondary N) is 1. The van der Waals surface area contributed by atoms with Crippen LogP contribution in [0.1, 0.15) is 25.1 Å². The molecule has 2 aliphatic rings. The van der Waals surface area contributed by atoms with Crippen LogP contribution in [0, 0.1) is 0 Å². The van der Waals surface area contributed by atoms with Crippen molar-refractivity contribution < 1.29 is 13.9 Å². The van der Waals surface area contributed by atoms with Crippen LogP contribution < -0.4 is 5.32 Å². The fourth-order valence-corrected chi connectivity index (χ4v) is 3.69. The molecule has 3 rings (SSSR count). The number of alkyl halides is 1. The summed E-state index contributed by atoms with van der Waals surface area (Å²) in [6.07, 6.45) is 5.42. The fraction of sp³-hybridized carbons (Fsp3) is 0.812. The third kappa shape index (κ3) is 3.28. The van der Waals surface area contributed by atoms with Crippen LogP contribution in [0.15, 0.2) is 12.4 Å². The molecular weight excluding hydrogens is 299 g/mol. The van der Waals surface area contributed by atoms with Crippen molar-refractivity contribution >= 4 is 0 Å². The molecule has 1 aromatic rings. The minimum absolute atomic E-state index is 0.172. The van der Waals surface area contributed by atoms with Gasteiger partial charge in [-0.1, -0.05) is 0 Å². The normalized spacial score (nSPS) is 30.5. The smallest absolute Gasteiger partial charge is 0.183 e. The largest absolute Gasteiger partial charge is 0.352 e. The van der Waals surface area contributed by atoms with E-state index in [1.54, 1.807) is 20.4 Å². The Morgan fingerprint density at radius 2 is 2.22 bits per heavy atom. The highest BCUT2D eigenvalue weighted by Crippen LogP contribution is 2.36. The summed E-state index contributed by atoms with van der Waals surface area (Å²) >= 11 is 0. The van der Waals surface area contributed by atoms with E-state index in [1.165, 1.54) is 0 Å². The summed E-state index contributed by atoms with van der Waals surface area (Å²) in [5.41, 5.74) is 0. The van der Waals surface area contributed by atoms with Crippen molar-refractivity contribution in [1.82, 2.24) is 19.8 Å². The van der Waals surface area contributed by atoms with E-state index >= 15 is 0 Å². The Balaban J connectivity index is 1.57. The van der Waals surface area contributed by atoms with Gasteiger partial charge >= 0.3 is 0 Å². The van der Waals surface area contributed by atoms with Gasteiger partial charge in [-0.3, -0.25) is 4.90 Å². The molecule has 1 aliphatic carbocycles. The molecule has 1 aromatic heterocycles. The topological polar surface area (TPSA) is 51.6 Å². The number of nitrogens with zero attached hydrogens (tertiary/aromatic N) is 3. The Kier molecular flexibility index (Phi) is 5.01. The number of halogens is 1. The third-order valence-corrected chi connectivity index (χ3v) is 5.35. The average Bonchev–Trinajstić information content (AvgIpc) is 3.07. The van der Waals surface area contributed by atoms with Crippen molar-refractivity contribution in [2.45, 2.75) is 49.8 Å². The van der Waals surface area contributed by atoms with Crippen molar-refractivity contribution in [3.63, 3.8) is 0 Å². The first-order valence-electron chi connectivity index (χ1n) is 8.26. The molecule has 1 saturated heterocycles. The molecule has 3 atom stereocenters. The molecule has 1 aliphatic heterocycles. The lowest BCUT2D eigenvalue weighted by Gasteiger charge is -2.47. The second-order valence-corrected chi connectivity index (χ2v) is 6.59. The van der Waals surface area contributed by atoms with Gasteiger partial charge in [0.05, 0.1) is 12.6 Å². The van der Waals surface area contributed by atoms with Crippen molar-refractivity contribution in [1.29, 1.82) is 0 Å². The van der Waals surface area contributed by atoms with E-state index in [-0.39, 0.29) is 12.1 Å². The summed E-state index contributed by atoms with van der Waals surface area (Å²) in [6, 6.07) is 0.347. The highest BCUT2D eigenvalue weighted by molar-refractivity contribution is 4.99. The molecule has 130 valence electrons. The van der Waals surface area contributed by atoms with Gasteiger partial charge in [0.1, 0.15) is 12.0 Å². The number of hydrogen-bond acceptors (Lipinski definition) is 5. The Morgan fingerprint density at radius 1 is 1.43 bits per heavy atom. The number of imidazole rings is 1. The van der Waals surface area contributed by atoms with Crippen LogP contribution in [0.25, 0.3) is 0 Å². The molecule has 1 unspecified atom stereocenters. The maximum atomic E-state index is 13.9. The lowest BCUT2D eigenvalue weighted by Crippen LogP contribution is -2.62. The lowest BCUT2D eigenvalue weighted by atomic mass is 9.84.